The topological polar surface area (TPSA) is 261 Å². The molecule has 27 heteroatoms. The molecule has 6 heterocycles. The number of hydrogen-bond acceptors (Lipinski definition) is 15. The molecule has 103 heavy (non-hydrogen) atoms. The molecule has 0 fully saturated rings. The summed E-state index contributed by atoms with van der Waals surface area (Å²) in [6, 6.07) is 45.6. The minimum atomic E-state index is -3.72. The van der Waals surface area contributed by atoms with Gasteiger partial charge in [-0.1, -0.05) is 97.1 Å². The quantitative estimate of drug-likeness (QED) is 0.0911. The number of halogens is 3. The van der Waals surface area contributed by atoms with Crippen LogP contribution in [0.5, 0.6) is 17.2 Å². The lowest BCUT2D eigenvalue weighted by molar-refractivity contribution is 0.0712. The average Bonchev–Trinajstić information content (AvgIpc) is 1.62. The Balaban J connectivity index is 0.000000149. The second kappa shape index (κ2) is 28.0. The normalized spacial score (nSPS) is 15.6. The molecule has 11 aromatic rings. The van der Waals surface area contributed by atoms with E-state index in [0.29, 0.717) is 66.6 Å². The van der Waals surface area contributed by atoms with Crippen molar-refractivity contribution in [3.63, 3.8) is 0 Å². The summed E-state index contributed by atoms with van der Waals surface area (Å²) in [5, 5.41) is 23.1. The van der Waals surface area contributed by atoms with Crippen LogP contribution in [-0.2, 0) is 49.7 Å². The third-order valence-electron chi connectivity index (χ3n) is 18.9. The number of phenolic OH excluding ortho intramolecular Hbond substituents is 2. The Morgan fingerprint density at radius 1 is 0.417 bits per heavy atom. The van der Waals surface area contributed by atoms with E-state index < -0.39 is 66.1 Å². The molecular formula is C76H70F3N9O12S3. The SMILES string of the molecule is CC1c2c(c(O)c3ncccc3c2N(C)S(C)(=O)=O)C(=O)N1Cc1ccc(F)cc1.CC1c2c(c(O)c3ncccc3c2N(C)S(C)(=O)=O)C(=O)N1Cc1ccc(F)cc1.CC1c2c(c(OC(c3ccccc3)c3ccccc3)c3ncccc3c2N(C)S(C)(=O)=O)C(=O)N1Cc1ccc(F)cc1. The Kier molecular flexibility index (Phi) is 19.5. The van der Waals surface area contributed by atoms with E-state index in [1.807, 2.05) is 67.6 Å². The number of phenols is 2. The summed E-state index contributed by atoms with van der Waals surface area (Å²) in [4.78, 5) is 58.6. The van der Waals surface area contributed by atoms with Gasteiger partial charge in [0, 0.05) is 92.2 Å². The van der Waals surface area contributed by atoms with Crippen molar-refractivity contribution >= 4 is 97.6 Å². The third kappa shape index (κ3) is 13.6. The van der Waals surface area contributed by atoms with E-state index in [9.17, 15) is 63.0 Å². The van der Waals surface area contributed by atoms with Crippen molar-refractivity contribution in [2.75, 3.05) is 52.8 Å². The van der Waals surface area contributed by atoms with E-state index in [1.54, 1.807) is 97.7 Å². The van der Waals surface area contributed by atoms with Gasteiger partial charge in [0.1, 0.15) is 40.1 Å². The van der Waals surface area contributed by atoms with Crippen molar-refractivity contribution in [2.45, 2.75) is 64.6 Å². The molecule has 0 saturated carbocycles. The first-order chi connectivity index (χ1) is 48.9. The van der Waals surface area contributed by atoms with Gasteiger partial charge in [-0.2, -0.15) is 0 Å². The fraction of sp³-hybridized carbons (Fsp3) is 0.211. The molecule has 3 unspecified atom stereocenters. The molecule has 0 aliphatic carbocycles. The third-order valence-corrected chi connectivity index (χ3v) is 22.4. The first kappa shape index (κ1) is 71.7. The number of rotatable bonds is 16. The molecule has 0 saturated heterocycles. The van der Waals surface area contributed by atoms with Gasteiger partial charge < -0.3 is 29.6 Å². The zero-order valence-corrected chi connectivity index (χ0v) is 59.6. The highest BCUT2D eigenvalue weighted by atomic mass is 32.2. The summed E-state index contributed by atoms with van der Waals surface area (Å²) in [6.07, 6.45) is 7.24. The van der Waals surface area contributed by atoms with Crippen LogP contribution in [-0.4, -0.2) is 123 Å². The van der Waals surface area contributed by atoms with Gasteiger partial charge in [0.15, 0.2) is 17.2 Å². The van der Waals surface area contributed by atoms with Crippen molar-refractivity contribution in [1.82, 2.24) is 29.7 Å². The number of carbonyl (C=O) groups excluding carboxylic acids is 3. The zero-order valence-electron chi connectivity index (χ0n) is 57.2. The first-order valence-corrected chi connectivity index (χ1v) is 37.9. The summed E-state index contributed by atoms with van der Waals surface area (Å²) in [5.41, 5.74) is 7.37. The second-order valence-corrected chi connectivity index (χ2v) is 31.4. The van der Waals surface area contributed by atoms with Gasteiger partial charge in [-0.05, 0) is 121 Å². The number of carbonyl (C=O) groups is 3. The molecule has 0 spiro atoms. The minimum Gasteiger partial charge on any atom is -0.505 e. The molecule has 21 nitrogen and oxygen atoms in total. The van der Waals surface area contributed by atoms with Crippen LogP contribution < -0.4 is 17.7 Å². The summed E-state index contributed by atoms with van der Waals surface area (Å²) in [7, 11) is -6.72. The predicted molar refractivity (Wildman–Crippen MR) is 388 cm³/mol. The zero-order chi connectivity index (χ0) is 73.9. The molecule has 3 amide bonds. The Labute approximate surface area is 593 Å². The van der Waals surface area contributed by atoms with Crippen LogP contribution in [0.1, 0.15) is 121 Å². The first-order valence-electron chi connectivity index (χ1n) is 32.3. The van der Waals surface area contributed by atoms with Gasteiger partial charge in [0.2, 0.25) is 30.1 Å². The maximum Gasteiger partial charge on any atom is 0.258 e. The van der Waals surface area contributed by atoms with Crippen LogP contribution in [0, 0.1) is 17.5 Å². The predicted octanol–water partition coefficient (Wildman–Crippen LogP) is 13.0. The Bertz CT molecular complexity index is 5300. The van der Waals surface area contributed by atoms with Gasteiger partial charge >= 0.3 is 0 Å². The van der Waals surface area contributed by atoms with Crippen LogP contribution in [0.3, 0.4) is 0 Å². The Morgan fingerprint density at radius 3 is 1.01 bits per heavy atom. The monoisotopic (exact) mass is 1450 g/mol. The molecule has 3 aliphatic rings. The largest absolute Gasteiger partial charge is 0.505 e. The summed E-state index contributed by atoms with van der Waals surface area (Å²) < 4.78 is 126. The maximum absolute atomic E-state index is 14.4. The number of benzene rings is 8. The number of anilines is 3. The van der Waals surface area contributed by atoms with E-state index in [0.717, 1.165) is 44.1 Å². The van der Waals surface area contributed by atoms with E-state index in [-0.39, 0.29) is 88.0 Å². The number of nitrogens with zero attached hydrogens (tertiary/aromatic N) is 9. The minimum absolute atomic E-state index is 0.0429. The highest BCUT2D eigenvalue weighted by Gasteiger charge is 2.46. The summed E-state index contributed by atoms with van der Waals surface area (Å²) >= 11 is 0. The fourth-order valence-electron chi connectivity index (χ4n) is 13.5. The van der Waals surface area contributed by atoms with Crippen molar-refractivity contribution in [2.24, 2.45) is 0 Å². The Hall–Kier alpha value is -11.2. The highest BCUT2D eigenvalue weighted by molar-refractivity contribution is 7.92. The van der Waals surface area contributed by atoms with E-state index in [1.165, 1.54) is 84.0 Å². The van der Waals surface area contributed by atoms with Crippen molar-refractivity contribution in [1.29, 1.82) is 0 Å². The standard InChI is InChI=1S/C34H30FN3O4S.2C21H20FN3O4S/c1-22-28-29(34(39)38(22)21-23-16-18-26(35)19-17-23)33(30-27(15-10-20-36-30)31(28)37(2)43(3,40)41)42-32(24-11-6-4-7-12-24)25-13-8-5-9-14-25;2*1-12-16-17(21(27)25(12)11-13-6-8-14(22)9-7-13)20(26)18-15(5-4-10-23-18)19(16)24(2)30(3,28)29/h4-20,22,32H,21H2,1-3H3;2*4-10,12,26H,11H2,1-3H3. The number of hydrogen-bond donors (Lipinski definition) is 2. The van der Waals surface area contributed by atoms with Crippen LogP contribution in [0.15, 0.2) is 188 Å². The molecule has 0 bridgehead atoms. The lowest BCUT2D eigenvalue weighted by atomic mass is 9.96. The van der Waals surface area contributed by atoms with E-state index in [2.05, 4.69) is 15.0 Å². The van der Waals surface area contributed by atoms with Gasteiger partial charge in [-0.25, -0.2) is 38.4 Å². The van der Waals surface area contributed by atoms with Gasteiger partial charge in [0.05, 0.1) is 70.6 Å². The van der Waals surface area contributed by atoms with Crippen molar-refractivity contribution < 1.29 is 67.8 Å². The smallest absolute Gasteiger partial charge is 0.258 e. The molecular weight excluding hydrogens is 1380 g/mol. The van der Waals surface area contributed by atoms with E-state index in [4.69, 9.17) is 4.74 Å². The van der Waals surface area contributed by atoms with Gasteiger partial charge in [-0.3, -0.25) is 42.3 Å². The number of ether oxygens (including phenoxy) is 1. The fourth-order valence-corrected chi connectivity index (χ4v) is 15.1. The number of sulfonamides is 3. The average molecular weight is 1450 g/mol. The van der Waals surface area contributed by atoms with Crippen LogP contribution in [0.2, 0.25) is 0 Å². The second-order valence-electron chi connectivity index (χ2n) is 25.4. The number of fused-ring (bicyclic) bond motifs is 6. The van der Waals surface area contributed by atoms with E-state index >= 15 is 0 Å². The Morgan fingerprint density at radius 2 is 0.699 bits per heavy atom. The van der Waals surface area contributed by atoms with Crippen LogP contribution in [0.25, 0.3) is 32.7 Å². The molecule has 8 aromatic carbocycles. The molecule has 2 N–H and O–H groups in total. The summed E-state index contributed by atoms with van der Waals surface area (Å²) in [6.45, 7) is 5.97. The number of aromatic nitrogens is 3. The molecule has 0 radical (unpaired) electrons. The van der Waals surface area contributed by atoms with Gasteiger partial charge in [-0.15, -0.1) is 0 Å². The molecule has 14 rings (SSSR count). The van der Waals surface area contributed by atoms with Crippen molar-refractivity contribution in [3.05, 3.63) is 267 Å². The molecule has 530 valence electrons. The number of aromatic hydroxyl groups is 2. The maximum atomic E-state index is 14.4. The molecule has 3 atom stereocenters. The lowest BCUT2D eigenvalue weighted by Crippen LogP contribution is -2.28. The summed E-state index contributed by atoms with van der Waals surface area (Å²) in [5.74, 6) is -2.58. The molecule has 3 aromatic heterocycles. The highest BCUT2D eigenvalue weighted by Crippen LogP contribution is 2.53. The van der Waals surface area contributed by atoms with Crippen LogP contribution >= 0.6 is 0 Å². The number of amides is 3. The molecule has 3 aliphatic heterocycles. The van der Waals surface area contributed by atoms with Crippen LogP contribution in [0.4, 0.5) is 30.2 Å². The number of pyridine rings is 3. The van der Waals surface area contributed by atoms with Gasteiger partial charge in [0.25, 0.3) is 17.7 Å². The lowest BCUT2D eigenvalue weighted by Gasteiger charge is -2.27. The van der Waals surface area contributed by atoms with Crippen molar-refractivity contribution in [3.8, 4) is 17.2 Å².